The Bertz CT molecular complexity index is 645. The van der Waals surface area contributed by atoms with Crippen molar-refractivity contribution in [3.05, 3.63) is 36.8 Å². The highest BCUT2D eigenvalue weighted by molar-refractivity contribution is 5.89. The highest BCUT2D eigenvalue weighted by Crippen LogP contribution is 2.25. The average Bonchev–Trinajstić information content (AvgIpc) is 2.87. The number of hydrogen-bond acceptors (Lipinski definition) is 4. The van der Waals surface area contributed by atoms with Crippen LogP contribution in [0.15, 0.2) is 36.8 Å². The van der Waals surface area contributed by atoms with Gasteiger partial charge in [0.1, 0.15) is 12.1 Å². The summed E-state index contributed by atoms with van der Waals surface area (Å²) in [5, 5.41) is 7.71. The number of hydrogen-bond donors (Lipinski definition) is 1. The third-order valence-corrected chi connectivity index (χ3v) is 2.61. The Kier molecular flexibility index (Phi) is 2.22. The fraction of sp³-hybridized carbons (Fsp3) is 0.0833. The molecule has 0 spiro atoms. The number of ether oxygens (including phenoxy) is 1. The van der Waals surface area contributed by atoms with E-state index in [4.69, 9.17) is 4.74 Å². The van der Waals surface area contributed by atoms with E-state index in [1.807, 2.05) is 24.3 Å². The lowest BCUT2D eigenvalue weighted by Gasteiger charge is -2.03. The van der Waals surface area contributed by atoms with Crippen LogP contribution in [0, 0.1) is 0 Å². The van der Waals surface area contributed by atoms with Crippen LogP contribution >= 0.6 is 0 Å². The van der Waals surface area contributed by atoms with E-state index in [0.717, 1.165) is 28.0 Å². The predicted molar refractivity (Wildman–Crippen MR) is 63.7 cm³/mol. The monoisotopic (exact) mass is 226 g/mol. The molecule has 3 aromatic rings. The first kappa shape index (κ1) is 9.77. The molecule has 84 valence electrons. The quantitative estimate of drug-likeness (QED) is 0.726. The van der Waals surface area contributed by atoms with Gasteiger partial charge < -0.3 is 4.74 Å². The maximum absolute atomic E-state index is 5.13. The lowest BCUT2D eigenvalue weighted by molar-refractivity contribution is 0.415. The van der Waals surface area contributed by atoms with Gasteiger partial charge in [-0.05, 0) is 24.3 Å². The number of nitrogens with zero attached hydrogens (tertiary/aromatic N) is 3. The Morgan fingerprint density at radius 3 is 2.71 bits per heavy atom. The van der Waals surface area contributed by atoms with E-state index < -0.39 is 0 Å². The first-order chi connectivity index (χ1) is 8.38. The lowest BCUT2D eigenvalue weighted by Crippen LogP contribution is -1.88. The van der Waals surface area contributed by atoms with E-state index in [0.29, 0.717) is 0 Å². The van der Waals surface area contributed by atoms with Crippen LogP contribution in [0.1, 0.15) is 0 Å². The van der Waals surface area contributed by atoms with E-state index in [9.17, 15) is 0 Å². The molecule has 0 aliphatic carbocycles. The van der Waals surface area contributed by atoms with Gasteiger partial charge in [-0.1, -0.05) is 0 Å². The maximum Gasteiger partial charge on any atom is 0.159 e. The number of aromatic amines is 1. The molecule has 0 fully saturated rings. The standard InChI is InChI=1S/C12H10N4O/c1-17-9-4-2-8(3-5-9)11-10-6-15-16-12(10)14-7-13-11/h2-7H,1H3,(H,13,14,15,16). The smallest absolute Gasteiger partial charge is 0.159 e. The highest BCUT2D eigenvalue weighted by Gasteiger charge is 2.07. The molecular formula is C12H10N4O. The van der Waals surface area contributed by atoms with Crippen molar-refractivity contribution in [2.45, 2.75) is 0 Å². The van der Waals surface area contributed by atoms with Crippen LogP contribution in [-0.4, -0.2) is 27.3 Å². The van der Waals surface area contributed by atoms with Crippen molar-refractivity contribution in [1.82, 2.24) is 20.2 Å². The zero-order chi connectivity index (χ0) is 11.7. The van der Waals surface area contributed by atoms with Crippen LogP contribution in [0.25, 0.3) is 22.3 Å². The summed E-state index contributed by atoms with van der Waals surface area (Å²) >= 11 is 0. The van der Waals surface area contributed by atoms with Crippen molar-refractivity contribution in [3.63, 3.8) is 0 Å². The molecule has 0 saturated carbocycles. The molecule has 0 atom stereocenters. The molecule has 5 heteroatoms. The lowest BCUT2D eigenvalue weighted by atomic mass is 10.1. The number of nitrogens with one attached hydrogen (secondary N) is 1. The Morgan fingerprint density at radius 2 is 1.94 bits per heavy atom. The summed E-state index contributed by atoms with van der Waals surface area (Å²) < 4.78 is 5.13. The highest BCUT2D eigenvalue weighted by atomic mass is 16.5. The van der Waals surface area contributed by atoms with E-state index in [2.05, 4.69) is 20.2 Å². The van der Waals surface area contributed by atoms with E-state index in [1.54, 1.807) is 13.3 Å². The van der Waals surface area contributed by atoms with Gasteiger partial charge in [-0.25, -0.2) is 9.97 Å². The van der Waals surface area contributed by atoms with Gasteiger partial charge >= 0.3 is 0 Å². The van der Waals surface area contributed by atoms with Crippen molar-refractivity contribution < 1.29 is 4.74 Å². The van der Waals surface area contributed by atoms with Crippen LogP contribution in [0.5, 0.6) is 5.75 Å². The topological polar surface area (TPSA) is 63.7 Å². The van der Waals surface area contributed by atoms with Gasteiger partial charge in [0.2, 0.25) is 0 Å². The normalized spacial score (nSPS) is 10.6. The molecule has 0 saturated heterocycles. The molecule has 0 aliphatic heterocycles. The first-order valence-corrected chi connectivity index (χ1v) is 5.17. The maximum atomic E-state index is 5.13. The molecule has 2 aromatic heterocycles. The fourth-order valence-electron chi connectivity index (χ4n) is 1.74. The minimum Gasteiger partial charge on any atom is -0.497 e. The van der Waals surface area contributed by atoms with Crippen LogP contribution in [0.3, 0.4) is 0 Å². The largest absolute Gasteiger partial charge is 0.497 e. The minimum atomic E-state index is 0.741. The van der Waals surface area contributed by atoms with Crippen molar-refractivity contribution in [1.29, 1.82) is 0 Å². The zero-order valence-corrected chi connectivity index (χ0v) is 9.21. The Balaban J connectivity index is 2.16. The van der Waals surface area contributed by atoms with Crippen molar-refractivity contribution in [2.24, 2.45) is 0 Å². The predicted octanol–water partition coefficient (Wildman–Crippen LogP) is 2.03. The average molecular weight is 226 g/mol. The van der Waals surface area contributed by atoms with Crippen LogP contribution in [0.4, 0.5) is 0 Å². The van der Waals surface area contributed by atoms with Gasteiger partial charge in [-0.2, -0.15) is 5.10 Å². The molecule has 0 amide bonds. The Morgan fingerprint density at radius 1 is 1.12 bits per heavy atom. The van der Waals surface area contributed by atoms with E-state index in [1.165, 1.54) is 6.33 Å². The molecule has 0 aliphatic rings. The van der Waals surface area contributed by atoms with Crippen LogP contribution < -0.4 is 4.74 Å². The molecule has 0 bridgehead atoms. The fourth-order valence-corrected chi connectivity index (χ4v) is 1.74. The van der Waals surface area contributed by atoms with Gasteiger partial charge in [0.15, 0.2) is 5.65 Å². The second-order valence-corrected chi connectivity index (χ2v) is 3.58. The van der Waals surface area contributed by atoms with Crippen molar-refractivity contribution in [2.75, 3.05) is 7.11 Å². The van der Waals surface area contributed by atoms with Crippen molar-refractivity contribution in [3.8, 4) is 17.0 Å². The number of methoxy groups -OCH3 is 1. The zero-order valence-electron chi connectivity index (χ0n) is 9.21. The van der Waals surface area contributed by atoms with E-state index in [-0.39, 0.29) is 0 Å². The Hall–Kier alpha value is -2.43. The summed E-state index contributed by atoms with van der Waals surface area (Å²) in [6, 6.07) is 7.74. The second-order valence-electron chi connectivity index (χ2n) is 3.58. The van der Waals surface area contributed by atoms with E-state index >= 15 is 0 Å². The summed E-state index contributed by atoms with van der Waals surface area (Å²) in [5.41, 5.74) is 2.62. The van der Waals surface area contributed by atoms with Gasteiger partial charge in [0.05, 0.1) is 24.4 Å². The van der Waals surface area contributed by atoms with Crippen LogP contribution in [0.2, 0.25) is 0 Å². The molecular weight excluding hydrogens is 216 g/mol. The van der Waals surface area contributed by atoms with Gasteiger partial charge in [-0.15, -0.1) is 0 Å². The molecule has 3 rings (SSSR count). The first-order valence-electron chi connectivity index (χ1n) is 5.17. The van der Waals surface area contributed by atoms with Crippen molar-refractivity contribution >= 4 is 11.0 Å². The second kappa shape index (κ2) is 3.86. The summed E-state index contributed by atoms with van der Waals surface area (Å²) in [6.45, 7) is 0. The summed E-state index contributed by atoms with van der Waals surface area (Å²) in [6.07, 6.45) is 3.26. The Labute approximate surface area is 97.5 Å². The summed E-state index contributed by atoms with van der Waals surface area (Å²) in [5.74, 6) is 0.825. The van der Waals surface area contributed by atoms with Gasteiger partial charge in [0.25, 0.3) is 0 Å². The number of aromatic nitrogens is 4. The SMILES string of the molecule is COc1ccc(-c2ncnc3[nH]ncc23)cc1. The third-order valence-electron chi connectivity index (χ3n) is 2.61. The number of rotatable bonds is 2. The van der Waals surface area contributed by atoms with Gasteiger partial charge in [0, 0.05) is 5.56 Å². The number of benzene rings is 1. The molecule has 0 unspecified atom stereocenters. The third kappa shape index (κ3) is 1.61. The number of fused-ring (bicyclic) bond motifs is 1. The molecule has 2 heterocycles. The van der Waals surface area contributed by atoms with Gasteiger partial charge in [-0.3, -0.25) is 5.10 Å². The molecule has 1 N–H and O–H groups in total. The number of H-pyrrole nitrogens is 1. The summed E-state index contributed by atoms with van der Waals surface area (Å²) in [4.78, 5) is 8.40. The summed E-state index contributed by atoms with van der Waals surface area (Å²) in [7, 11) is 1.65. The molecule has 5 nitrogen and oxygen atoms in total. The molecule has 0 radical (unpaired) electrons. The minimum absolute atomic E-state index is 0.741. The molecule has 1 aromatic carbocycles. The van der Waals surface area contributed by atoms with Crippen LogP contribution in [-0.2, 0) is 0 Å². The molecule has 17 heavy (non-hydrogen) atoms.